The molecule has 0 amide bonds. The molecule has 5 heteroatoms. The van der Waals surface area contributed by atoms with Gasteiger partial charge in [-0.2, -0.15) is 0 Å². The third-order valence-corrected chi connectivity index (χ3v) is 3.67. The molecule has 24 heavy (non-hydrogen) atoms. The van der Waals surface area contributed by atoms with Crippen LogP contribution in [0.25, 0.3) is 11.6 Å². The van der Waals surface area contributed by atoms with Gasteiger partial charge in [0.1, 0.15) is 5.75 Å². The fourth-order valence-electron chi connectivity index (χ4n) is 2.50. The van der Waals surface area contributed by atoms with Crippen molar-refractivity contribution >= 4 is 17.6 Å². The lowest BCUT2D eigenvalue weighted by atomic mass is 10.00. The first-order valence-corrected chi connectivity index (χ1v) is 7.32. The Kier molecular flexibility index (Phi) is 5.47. The van der Waals surface area contributed by atoms with E-state index in [1.807, 2.05) is 6.92 Å². The topological polar surface area (TPSA) is 65.0 Å². The van der Waals surface area contributed by atoms with Crippen molar-refractivity contribution in [3.63, 3.8) is 0 Å². The van der Waals surface area contributed by atoms with Crippen LogP contribution < -0.4 is 14.2 Å². The molecule has 2 aromatic rings. The first-order valence-electron chi connectivity index (χ1n) is 7.32. The van der Waals surface area contributed by atoms with Crippen molar-refractivity contribution in [3.05, 3.63) is 53.1 Å². The SMILES string of the molecule is COc1ccc(/C(=C/c2cccc(OC)c2OC)C(=O)O)cc1C. The van der Waals surface area contributed by atoms with Gasteiger partial charge in [-0.05, 0) is 42.3 Å². The van der Waals surface area contributed by atoms with Gasteiger partial charge in [0.15, 0.2) is 11.5 Å². The Balaban J connectivity index is 2.58. The van der Waals surface area contributed by atoms with Gasteiger partial charge in [-0.3, -0.25) is 0 Å². The van der Waals surface area contributed by atoms with Crippen molar-refractivity contribution in [1.82, 2.24) is 0 Å². The van der Waals surface area contributed by atoms with Crippen LogP contribution in [0.5, 0.6) is 17.2 Å². The van der Waals surface area contributed by atoms with Crippen molar-refractivity contribution in [2.24, 2.45) is 0 Å². The molecule has 0 aliphatic heterocycles. The molecular weight excluding hydrogens is 308 g/mol. The molecule has 0 heterocycles. The van der Waals surface area contributed by atoms with Crippen molar-refractivity contribution in [1.29, 1.82) is 0 Å². The van der Waals surface area contributed by atoms with Crippen molar-refractivity contribution in [2.75, 3.05) is 21.3 Å². The Morgan fingerprint density at radius 1 is 1.00 bits per heavy atom. The van der Waals surface area contributed by atoms with E-state index in [9.17, 15) is 9.90 Å². The second-order valence-electron chi connectivity index (χ2n) is 5.13. The van der Waals surface area contributed by atoms with E-state index in [4.69, 9.17) is 14.2 Å². The lowest BCUT2D eigenvalue weighted by Gasteiger charge is -2.12. The Hall–Kier alpha value is -2.95. The Morgan fingerprint density at radius 3 is 2.25 bits per heavy atom. The molecule has 0 atom stereocenters. The third kappa shape index (κ3) is 3.51. The molecule has 0 bridgehead atoms. The van der Waals surface area contributed by atoms with Gasteiger partial charge in [-0.1, -0.05) is 18.2 Å². The number of hydrogen-bond donors (Lipinski definition) is 1. The molecule has 5 nitrogen and oxygen atoms in total. The normalized spacial score (nSPS) is 11.1. The Bertz CT molecular complexity index is 777. The summed E-state index contributed by atoms with van der Waals surface area (Å²) in [5.74, 6) is 0.720. The standard InChI is InChI=1S/C19H20O5/c1-12-10-13(8-9-16(12)22-2)15(19(20)21)11-14-6-5-7-17(23-3)18(14)24-4/h5-11H,1-4H3,(H,20,21)/b15-11-. The van der Waals surface area contributed by atoms with Crippen LogP contribution >= 0.6 is 0 Å². The van der Waals surface area contributed by atoms with Gasteiger partial charge in [0.05, 0.1) is 26.9 Å². The maximum Gasteiger partial charge on any atom is 0.336 e. The number of carboxylic acids is 1. The monoisotopic (exact) mass is 328 g/mol. The van der Waals surface area contributed by atoms with E-state index in [0.717, 1.165) is 5.56 Å². The van der Waals surface area contributed by atoms with E-state index in [1.165, 1.54) is 14.2 Å². The van der Waals surface area contributed by atoms with Gasteiger partial charge < -0.3 is 19.3 Å². The van der Waals surface area contributed by atoms with Crippen molar-refractivity contribution in [2.45, 2.75) is 6.92 Å². The van der Waals surface area contributed by atoms with Crippen LogP contribution in [-0.4, -0.2) is 32.4 Å². The molecule has 2 aromatic carbocycles. The fraction of sp³-hybridized carbons (Fsp3) is 0.211. The Labute approximate surface area is 141 Å². The summed E-state index contributed by atoms with van der Waals surface area (Å²) in [6.45, 7) is 1.87. The molecule has 0 aliphatic rings. The maximum atomic E-state index is 11.8. The van der Waals surface area contributed by atoms with Crippen LogP contribution in [0.2, 0.25) is 0 Å². The Morgan fingerprint density at radius 2 is 1.71 bits per heavy atom. The summed E-state index contributed by atoms with van der Waals surface area (Å²) < 4.78 is 15.8. The zero-order valence-electron chi connectivity index (χ0n) is 14.1. The number of carboxylic acid groups (broad SMARTS) is 1. The van der Waals surface area contributed by atoms with Gasteiger partial charge >= 0.3 is 5.97 Å². The highest BCUT2D eigenvalue weighted by molar-refractivity contribution is 6.21. The minimum Gasteiger partial charge on any atom is -0.496 e. The van der Waals surface area contributed by atoms with Gasteiger partial charge in [0.25, 0.3) is 0 Å². The maximum absolute atomic E-state index is 11.8. The zero-order chi connectivity index (χ0) is 17.7. The third-order valence-electron chi connectivity index (χ3n) is 3.67. The fourth-order valence-corrected chi connectivity index (χ4v) is 2.50. The van der Waals surface area contributed by atoms with Crippen LogP contribution in [0.15, 0.2) is 36.4 Å². The molecule has 1 N–H and O–H groups in total. The average molecular weight is 328 g/mol. The summed E-state index contributed by atoms with van der Waals surface area (Å²) in [6.07, 6.45) is 1.57. The minimum atomic E-state index is -1.02. The summed E-state index contributed by atoms with van der Waals surface area (Å²) in [5, 5.41) is 9.62. The average Bonchev–Trinajstić information content (AvgIpc) is 2.58. The van der Waals surface area contributed by atoms with Gasteiger partial charge in [0.2, 0.25) is 0 Å². The number of aliphatic carboxylic acids is 1. The van der Waals surface area contributed by atoms with Crippen LogP contribution in [0, 0.1) is 6.92 Å². The second kappa shape index (κ2) is 7.55. The van der Waals surface area contributed by atoms with Crippen LogP contribution in [0.1, 0.15) is 16.7 Å². The number of carbonyl (C=O) groups is 1. The molecule has 0 radical (unpaired) electrons. The number of ether oxygens (including phenoxy) is 3. The van der Waals surface area contributed by atoms with E-state index in [0.29, 0.717) is 28.4 Å². The smallest absolute Gasteiger partial charge is 0.336 e. The van der Waals surface area contributed by atoms with Crippen molar-refractivity contribution < 1.29 is 24.1 Å². The van der Waals surface area contributed by atoms with E-state index >= 15 is 0 Å². The summed E-state index contributed by atoms with van der Waals surface area (Å²) in [4.78, 5) is 11.8. The summed E-state index contributed by atoms with van der Waals surface area (Å²) >= 11 is 0. The highest BCUT2D eigenvalue weighted by Gasteiger charge is 2.15. The molecule has 126 valence electrons. The van der Waals surface area contributed by atoms with E-state index in [2.05, 4.69) is 0 Å². The lowest BCUT2D eigenvalue weighted by Crippen LogP contribution is -2.01. The number of para-hydroxylation sites is 1. The van der Waals surface area contributed by atoms with Crippen LogP contribution in [-0.2, 0) is 4.79 Å². The number of benzene rings is 2. The molecule has 0 spiro atoms. The predicted molar refractivity (Wildman–Crippen MR) is 92.8 cm³/mol. The largest absolute Gasteiger partial charge is 0.496 e. The molecule has 0 aromatic heterocycles. The zero-order valence-corrected chi connectivity index (χ0v) is 14.1. The number of aryl methyl sites for hydroxylation is 1. The minimum absolute atomic E-state index is 0.160. The van der Waals surface area contributed by atoms with Crippen LogP contribution in [0.4, 0.5) is 0 Å². The lowest BCUT2D eigenvalue weighted by molar-refractivity contribution is -0.130. The van der Waals surface area contributed by atoms with Crippen LogP contribution in [0.3, 0.4) is 0 Å². The highest BCUT2D eigenvalue weighted by atomic mass is 16.5. The van der Waals surface area contributed by atoms with E-state index in [1.54, 1.807) is 49.6 Å². The van der Waals surface area contributed by atoms with Gasteiger partial charge in [-0.15, -0.1) is 0 Å². The molecule has 0 saturated carbocycles. The second-order valence-corrected chi connectivity index (χ2v) is 5.13. The quantitative estimate of drug-likeness (QED) is 0.648. The molecule has 0 aliphatic carbocycles. The summed E-state index contributed by atoms with van der Waals surface area (Å²) in [6, 6.07) is 10.6. The number of rotatable bonds is 6. The van der Waals surface area contributed by atoms with Gasteiger partial charge in [-0.25, -0.2) is 4.79 Å². The number of hydrogen-bond acceptors (Lipinski definition) is 4. The summed E-state index contributed by atoms with van der Waals surface area (Å²) in [5.41, 5.74) is 2.24. The van der Waals surface area contributed by atoms with Gasteiger partial charge in [0, 0.05) is 5.56 Å². The van der Waals surface area contributed by atoms with E-state index in [-0.39, 0.29) is 5.57 Å². The van der Waals surface area contributed by atoms with Crippen molar-refractivity contribution in [3.8, 4) is 17.2 Å². The predicted octanol–water partition coefficient (Wildman–Crippen LogP) is 3.65. The molecule has 0 fully saturated rings. The van der Waals surface area contributed by atoms with E-state index < -0.39 is 5.97 Å². The molecule has 0 saturated heterocycles. The number of methoxy groups -OCH3 is 3. The molecular formula is C19H20O5. The molecule has 0 unspecified atom stereocenters. The molecule has 2 rings (SSSR count). The first kappa shape index (κ1) is 17.4. The first-order chi connectivity index (χ1) is 11.5. The highest BCUT2D eigenvalue weighted by Crippen LogP contribution is 2.34. The summed E-state index contributed by atoms with van der Waals surface area (Å²) in [7, 11) is 4.64.